The largest absolute Gasteiger partial charge is 0.496 e. The summed E-state index contributed by atoms with van der Waals surface area (Å²) in [6.07, 6.45) is 8.56. The van der Waals surface area contributed by atoms with Crippen LogP contribution in [0.2, 0.25) is 0 Å². The molecule has 0 amide bonds. The molecule has 0 N–H and O–H groups in total. The Morgan fingerprint density at radius 3 is 2.73 bits per heavy atom. The summed E-state index contributed by atoms with van der Waals surface area (Å²) in [5.74, 6) is 0.890. The van der Waals surface area contributed by atoms with Gasteiger partial charge in [0.2, 0.25) is 0 Å². The number of benzene rings is 1. The van der Waals surface area contributed by atoms with E-state index in [9.17, 15) is 4.79 Å². The number of para-hydroxylation sites is 1. The molecule has 0 spiro atoms. The number of hydrogen-bond donors (Lipinski definition) is 0. The van der Waals surface area contributed by atoms with Gasteiger partial charge in [0.1, 0.15) is 12.0 Å². The Bertz CT molecular complexity index is 365. The van der Waals surface area contributed by atoms with Crippen molar-refractivity contribution in [2.75, 3.05) is 7.11 Å². The van der Waals surface area contributed by atoms with Crippen molar-refractivity contribution in [2.45, 2.75) is 6.42 Å². The lowest BCUT2D eigenvalue weighted by Gasteiger charge is -2.04. The average Bonchev–Trinajstić information content (AvgIpc) is 2.29. The zero-order chi connectivity index (χ0) is 10.9. The second-order valence-electron chi connectivity index (χ2n) is 2.97. The van der Waals surface area contributed by atoms with Crippen molar-refractivity contribution in [1.29, 1.82) is 0 Å². The van der Waals surface area contributed by atoms with Gasteiger partial charge in [0.15, 0.2) is 0 Å². The van der Waals surface area contributed by atoms with Gasteiger partial charge in [-0.05, 0) is 24.1 Å². The molecule has 1 aromatic rings. The predicted octanol–water partition coefficient (Wildman–Crippen LogP) is 2.55. The van der Waals surface area contributed by atoms with Crippen LogP contribution in [0.4, 0.5) is 0 Å². The molecule has 0 atom stereocenters. The van der Waals surface area contributed by atoms with E-state index in [2.05, 4.69) is 0 Å². The lowest BCUT2D eigenvalue weighted by atomic mass is 10.1. The maximum Gasteiger partial charge on any atom is 0.142 e. The van der Waals surface area contributed by atoms with Gasteiger partial charge in [-0.3, -0.25) is 4.79 Å². The molecule has 0 saturated carbocycles. The van der Waals surface area contributed by atoms with E-state index < -0.39 is 0 Å². The molecule has 0 saturated heterocycles. The third-order valence-corrected chi connectivity index (χ3v) is 1.97. The number of rotatable bonds is 5. The normalized spacial score (nSPS) is 11.0. The number of carbonyl (C=O) groups is 1. The molecule has 0 aliphatic heterocycles. The lowest BCUT2D eigenvalue weighted by Crippen LogP contribution is -1.89. The topological polar surface area (TPSA) is 26.3 Å². The molecule has 0 radical (unpaired) electrons. The summed E-state index contributed by atoms with van der Waals surface area (Å²) in [7, 11) is 1.66. The number of hydrogen-bond acceptors (Lipinski definition) is 2. The standard InChI is InChI=1S/C13H14O2/c1-15-13-10-6-5-9-12(13)8-4-2-3-7-11-14/h2-7,9-11H,8H2,1H3. The molecule has 15 heavy (non-hydrogen) atoms. The van der Waals surface area contributed by atoms with Crippen molar-refractivity contribution in [1.82, 2.24) is 0 Å². The molecule has 0 aliphatic carbocycles. The SMILES string of the molecule is COc1ccccc1CC=CC=CC=O. The molecule has 0 aromatic heterocycles. The smallest absolute Gasteiger partial charge is 0.142 e. The molecule has 0 fully saturated rings. The summed E-state index contributed by atoms with van der Waals surface area (Å²) in [4.78, 5) is 10.00. The Kier molecular flexibility index (Phi) is 4.95. The van der Waals surface area contributed by atoms with Crippen LogP contribution in [-0.4, -0.2) is 13.4 Å². The van der Waals surface area contributed by atoms with E-state index in [-0.39, 0.29) is 0 Å². The second-order valence-corrected chi connectivity index (χ2v) is 2.97. The van der Waals surface area contributed by atoms with Crippen LogP contribution in [0, 0.1) is 0 Å². The highest BCUT2D eigenvalue weighted by atomic mass is 16.5. The van der Waals surface area contributed by atoms with Crippen molar-refractivity contribution in [3.05, 3.63) is 54.1 Å². The van der Waals surface area contributed by atoms with E-state index in [0.29, 0.717) is 0 Å². The number of ether oxygens (including phenoxy) is 1. The van der Waals surface area contributed by atoms with Gasteiger partial charge in [-0.25, -0.2) is 0 Å². The number of methoxy groups -OCH3 is 1. The van der Waals surface area contributed by atoms with Gasteiger partial charge >= 0.3 is 0 Å². The summed E-state index contributed by atoms with van der Waals surface area (Å²) in [5, 5.41) is 0. The quantitative estimate of drug-likeness (QED) is 0.416. The Labute approximate surface area is 89.9 Å². The van der Waals surface area contributed by atoms with Crippen LogP contribution >= 0.6 is 0 Å². The molecule has 0 aliphatic rings. The second kappa shape index (κ2) is 6.60. The van der Waals surface area contributed by atoms with Crippen molar-refractivity contribution < 1.29 is 9.53 Å². The fourth-order valence-corrected chi connectivity index (χ4v) is 1.25. The molecular formula is C13H14O2. The summed E-state index contributed by atoms with van der Waals surface area (Å²) in [5.41, 5.74) is 1.13. The van der Waals surface area contributed by atoms with Crippen LogP contribution in [0.3, 0.4) is 0 Å². The van der Waals surface area contributed by atoms with E-state index in [0.717, 1.165) is 24.0 Å². The number of carbonyl (C=O) groups excluding carboxylic acids is 1. The molecule has 0 unspecified atom stereocenters. The van der Waals surface area contributed by atoms with Crippen molar-refractivity contribution in [3.8, 4) is 5.75 Å². The maximum absolute atomic E-state index is 10.00. The highest BCUT2D eigenvalue weighted by Crippen LogP contribution is 2.17. The minimum Gasteiger partial charge on any atom is -0.496 e. The van der Waals surface area contributed by atoms with Gasteiger partial charge in [-0.15, -0.1) is 0 Å². The van der Waals surface area contributed by atoms with E-state index in [1.54, 1.807) is 13.2 Å². The van der Waals surface area contributed by atoms with Gasteiger partial charge in [0.05, 0.1) is 7.11 Å². The Hall–Kier alpha value is -1.83. The van der Waals surface area contributed by atoms with Crippen LogP contribution in [0.5, 0.6) is 5.75 Å². The van der Waals surface area contributed by atoms with Crippen molar-refractivity contribution >= 4 is 6.29 Å². The zero-order valence-corrected chi connectivity index (χ0v) is 8.72. The van der Waals surface area contributed by atoms with Crippen LogP contribution in [0.1, 0.15) is 5.56 Å². The molecule has 0 bridgehead atoms. The zero-order valence-electron chi connectivity index (χ0n) is 8.72. The van der Waals surface area contributed by atoms with Crippen molar-refractivity contribution in [2.24, 2.45) is 0 Å². The Balaban J connectivity index is 2.60. The maximum atomic E-state index is 10.00. The molecular weight excluding hydrogens is 188 g/mol. The summed E-state index contributed by atoms with van der Waals surface area (Å²) in [6.45, 7) is 0. The number of aldehydes is 1. The summed E-state index contributed by atoms with van der Waals surface area (Å²) >= 11 is 0. The fourth-order valence-electron chi connectivity index (χ4n) is 1.25. The highest BCUT2D eigenvalue weighted by molar-refractivity contribution is 5.65. The van der Waals surface area contributed by atoms with Gasteiger partial charge in [0.25, 0.3) is 0 Å². The molecule has 1 rings (SSSR count). The molecule has 0 heterocycles. The van der Waals surface area contributed by atoms with Crippen LogP contribution in [0.25, 0.3) is 0 Å². The minimum absolute atomic E-state index is 0.757. The van der Waals surface area contributed by atoms with E-state index in [1.165, 1.54) is 6.08 Å². The van der Waals surface area contributed by atoms with E-state index in [1.807, 2.05) is 36.4 Å². The average molecular weight is 202 g/mol. The monoisotopic (exact) mass is 202 g/mol. The minimum atomic E-state index is 0.757. The van der Waals surface area contributed by atoms with Crippen LogP contribution < -0.4 is 4.74 Å². The van der Waals surface area contributed by atoms with Gasteiger partial charge < -0.3 is 4.74 Å². The van der Waals surface area contributed by atoms with Crippen LogP contribution in [0.15, 0.2) is 48.6 Å². The fraction of sp³-hybridized carbons (Fsp3) is 0.154. The van der Waals surface area contributed by atoms with Crippen molar-refractivity contribution in [3.63, 3.8) is 0 Å². The first kappa shape index (κ1) is 11.2. The number of allylic oxidation sites excluding steroid dienone is 4. The Morgan fingerprint density at radius 2 is 2.00 bits per heavy atom. The Morgan fingerprint density at radius 1 is 1.20 bits per heavy atom. The molecule has 2 heteroatoms. The first-order chi connectivity index (χ1) is 7.38. The van der Waals surface area contributed by atoms with Gasteiger partial charge in [0, 0.05) is 0 Å². The van der Waals surface area contributed by atoms with E-state index in [4.69, 9.17) is 4.74 Å². The van der Waals surface area contributed by atoms with Gasteiger partial charge in [-0.2, -0.15) is 0 Å². The third-order valence-electron chi connectivity index (χ3n) is 1.97. The van der Waals surface area contributed by atoms with E-state index >= 15 is 0 Å². The molecule has 2 nitrogen and oxygen atoms in total. The van der Waals surface area contributed by atoms with Gasteiger partial charge in [-0.1, -0.05) is 36.4 Å². The molecule has 1 aromatic carbocycles. The third kappa shape index (κ3) is 3.81. The first-order valence-electron chi connectivity index (χ1n) is 4.77. The lowest BCUT2D eigenvalue weighted by molar-refractivity contribution is -0.104. The molecule has 78 valence electrons. The van der Waals surface area contributed by atoms with Crippen LogP contribution in [-0.2, 0) is 11.2 Å². The highest BCUT2D eigenvalue weighted by Gasteiger charge is 1.97. The first-order valence-corrected chi connectivity index (χ1v) is 4.77. The summed E-state index contributed by atoms with van der Waals surface area (Å²) < 4.78 is 5.22. The summed E-state index contributed by atoms with van der Waals surface area (Å²) in [6, 6.07) is 7.88. The predicted molar refractivity (Wildman–Crippen MR) is 61.0 cm³/mol.